The number of pyridine rings is 1. The third kappa shape index (κ3) is 2.86. The number of H-pyrrole nitrogens is 1. The van der Waals surface area contributed by atoms with Gasteiger partial charge >= 0.3 is 0 Å². The molecule has 20 heavy (non-hydrogen) atoms. The summed E-state index contributed by atoms with van der Waals surface area (Å²) in [7, 11) is 0. The maximum atomic E-state index is 13.1. The maximum Gasteiger partial charge on any atom is 0.292 e. The molecule has 1 aromatic carbocycles. The van der Waals surface area contributed by atoms with Gasteiger partial charge in [0.25, 0.3) is 11.6 Å². The van der Waals surface area contributed by atoms with Gasteiger partial charge in [0, 0.05) is 24.4 Å². The van der Waals surface area contributed by atoms with E-state index in [0.29, 0.717) is 0 Å². The summed E-state index contributed by atoms with van der Waals surface area (Å²) in [5.74, 6) is -1.41. The molecule has 0 aliphatic rings. The minimum absolute atomic E-state index is 0.0863. The fourth-order valence-electron chi connectivity index (χ4n) is 1.51. The standard InChI is InChI=1S/C12H8FN3O4/c13-8-2-3-10(16(19)20)9(5-8)15-12(18)7-1-4-11(17)14-6-7/h1-6H,(H,14,17)(H,15,18). The molecule has 2 rings (SSSR count). The molecule has 102 valence electrons. The van der Waals surface area contributed by atoms with Crippen molar-refractivity contribution in [2.24, 2.45) is 0 Å². The Bertz CT molecular complexity index is 721. The SMILES string of the molecule is O=C(Nc1cc(F)ccc1[N+](=O)[O-])c1ccc(=O)[nH]c1. The summed E-state index contributed by atoms with van der Waals surface area (Å²) in [6.07, 6.45) is 1.16. The van der Waals surface area contributed by atoms with Crippen LogP contribution in [0.2, 0.25) is 0 Å². The number of hydrogen-bond acceptors (Lipinski definition) is 4. The summed E-state index contributed by atoms with van der Waals surface area (Å²) in [4.78, 5) is 35.0. The van der Waals surface area contributed by atoms with Crippen molar-refractivity contribution in [2.45, 2.75) is 0 Å². The second-order valence-electron chi connectivity index (χ2n) is 3.81. The molecular formula is C12H8FN3O4. The first-order valence-electron chi connectivity index (χ1n) is 5.41. The van der Waals surface area contributed by atoms with Crippen LogP contribution >= 0.6 is 0 Å². The van der Waals surface area contributed by atoms with E-state index in [2.05, 4.69) is 10.3 Å². The van der Waals surface area contributed by atoms with Crippen molar-refractivity contribution in [1.82, 2.24) is 4.98 Å². The highest BCUT2D eigenvalue weighted by atomic mass is 19.1. The lowest BCUT2D eigenvalue weighted by molar-refractivity contribution is -0.384. The first-order valence-corrected chi connectivity index (χ1v) is 5.41. The highest BCUT2D eigenvalue weighted by Gasteiger charge is 2.17. The van der Waals surface area contributed by atoms with Crippen LogP contribution in [0.4, 0.5) is 15.8 Å². The van der Waals surface area contributed by atoms with Crippen molar-refractivity contribution >= 4 is 17.3 Å². The summed E-state index contributed by atoms with van der Waals surface area (Å²) < 4.78 is 13.1. The number of carbonyl (C=O) groups excluding carboxylic acids is 1. The smallest absolute Gasteiger partial charge is 0.292 e. The van der Waals surface area contributed by atoms with E-state index in [1.165, 1.54) is 6.07 Å². The summed E-state index contributed by atoms with van der Waals surface area (Å²) in [6.45, 7) is 0. The predicted molar refractivity (Wildman–Crippen MR) is 68.1 cm³/mol. The van der Waals surface area contributed by atoms with Gasteiger partial charge in [-0.3, -0.25) is 19.7 Å². The summed E-state index contributed by atoms with van der Waals surface area (Å²) >= 11 is 0. The maximum absolute atomic E-state index is 13.1. The van der Waals surface area contributed by atoms with Crippen molar-refractivity contribution in [3.8, 4) is 0 Å². The van der Waals surface area contributed by atoms with Gasteiger partial charge in [0.05, 0.1) is 10.5 Å². The number of anilines is 1. The van der Waals surface area contributed by atoms with Gasteiger partial charge < -0.3 is 10.3 Å². The summed E-state index contributed by atoms with van der Waals surface area (Å²) in [5.41, 5.74) is -0.989. The molecule has 0 aliphatic carbocycles. The Balaban J connectivity index is 2.32. The van der Waals surface area contributed by atoms with Crippen molar-refractivity contribution < 1.29 is 14.1 Å². The normalized spacial score (nSPS) is 10.1. The number of amides is 1. The summed E-state index contributed by atoms with van der Waals surface area (Å²) in [5, 5.41) is 13.0. The lowest BCUT2D eigenvalue weighted by Gasteiger charge is -2.05. The first-order chi connectivity index (χ1) is 9.47. The number of benzene rings is 1. The average molecular weight is 277 g/mol. The lowest BCUT2D eigenvalue weighted by atomic mass is 10.2. The monoisotopic (exact) mass is 277 g/mol. The van der Waals surface area contributed by atoms with Crippen LogP contribution < -0.4 is 10.9 Å². The van der Waals surface area contributed by atoms with Crippen molar-refractivity contribution in [3.05, 3.63) is 68.4 Å². The Morgan fingerprint density at radius 3 is 2.65 bits per heavy atom. The highest BCUT2D eigenvalue weighted by molar-refractivity contribution is 6.05. The fourth-order valence-corrected chi connectivity index (χ4v) is 1.51. The van der Waals surface area contributed by atoms with Crippen LogP contribution in [0.1, 0.15) is 10.4 Å². The molecule has 0 aliphatic heterocycles. The van der Waals surface area contributed by atoms with Gasteiger partial charge in [0.1, 0.15) is 11.5 Å². The van der Waals surface area contributed by atoms with E-state index >= 15 is 0 Å². The Morgan fingerprint density at radius 1 is 1.30 bits per heavy atom. The van der Waals surface area contributed by atoms with E-state index in [-0.39, 0.29) is 11.3 Å². The third-order valence-corrected chi connectivity index (χ3v) is 2.45. The second kappa shape index (κ2) is 5.31. The molecule has 0 radical (unpaired) electrons. The molecular weight excluding hydrogens is 269 g/mol. The third-order valence-electron chi connectivity index (χ3n) is 2.45. The van der Waals surface area contributed by atoms with Gasteiger partial charge in [-0.1, -0.05) is 0 Å². The van der Waals surface area contributed by atoms with Crippen LogP contribution in [-0.2, 0) is 0 Å². The zero-order valence-corrected chi connectivity index (χ0v) is 9.92. The molecule has 1 heterocycles. The number of rotatable bonds is 3. The zero-order chi connectivity index (χ0) is 14.7. The number of nitrogens with one attached hydrogen (secondary N) is 2. The molecule has 0 saturated carbocycles. The predicted octanol–water partition coefficient (Wildman–Crippen LogP) is 1.67. The van der Waals surface area contributed by atoms with Crippen LogP contribution in [-0.4, -0.2) is 15.8 Å². The number of carbonyl (C=O) groups is 1. The Hall–Kier alpha value is -3.03. The quantitative estimate of drug-likeness (QED) is 0.657. The van der Waals surface area contributed by atoms with E-state index < -0.39 is 27.9 Å². The fraction of sp³-hybridized carbons (Fsp3) is 0. The number of hydrogen-bond donors (Lipinski definition) is 2. The van der Waals surface area contributed by atoms with Crippen LogP contribution in [0, 0.1) is 15.9 Å². The van der Waals surface area contributed by atoms with Crippen LogP contribution in [0.5, 0.6) is 0 Å². The molecule has 0 fully saturated rings. The molecule has 1 amide bonds. The van der Waals surface area contributed by atoms with Crippen LogP contribution in [0.25, 0.3) is 0 Å². The average Bonchev–Trinajstić information content (AvgIpc) is 2.39. The van der Waals surface area contributed by atoms with Gasteiger partial charge in [-0.2, -0.15) is 0 Å². The van der Waals surface area contributed by atoms with E-state index in [4.69, 9.17) is 0 Å². The molecule has 1 aromatic heterocycles. The van der Waals surface area contributed by atoms with Gasteiger partial charge in [0.15, 0.2) is 0 Å². The van der Waals surface area contributed by atoms with E-state index in [1.54, 1.807) is 0 Å². The number of halogens is 1. The second-order valence-corrected chi connectivity index (χ2v) is 3.81. The van der Waals surface area contributed by atoms with Crippen molar-refractivity contribution in [2.75, 3.05) is 5.32 Å². The van der Waals surface area contributed by atoms with Crippen LogP contribution in [0.15, 0.2) is 41.3 Å². The highest BCUT2D eigenvalue weighted by Crippen LogP contribution is 2.25. The molecule has 0 spiro atoms. The Kier molecular flexibility index (Phi) is 3.56. The number of aromatic amines is 1. The first kappa shape index (κ1) is 13.4. The topological polar surface area (TPSA) is 105 Å². The molecule has 2 N–H and O–H groups in total. The molecule has 7 nitrogen and oxygen atoms in total. The minimum atomic E-state index is -0.734. The van der Waals surface area contributed by atoms with E-state index in [1.807, 2.05) is 0 Å². The van der Waals surface area contributed by atoms with E-state index in [0.717, 1.165) is 30.5 Å². The Morgan fingerprint density at radius 2 is 2.05 bits per heavy atom. The number of aromatic nitrogens is 1. The molecule has 0 bridgehead atoms. The number of nitro groups is 1. The van der Waals surface area contributed by atoms with Crippen molar-refractivity contribution in [3.63, 3.8) is 0 Å². The van der Waals surface area contributed by atoms with Gasteiger partial charge in [-0.25, -0.2) is 4.39 Å². The summed E-state index contributed by atoms with van der Waals surface area (Å²) in [6, 6.07) is 5.11. The lowest BCUT2D eigenvalue weighted by Crippen LogP contribution is -2.15. The van der Waals surface area contributed by atoms with Gasteiger partial charge in [0.2, 0.25) is 5.56 Å². The molecule has 0 unspecified atom stereocenters. The van der Waals surface area contributed by atoms with Gasteiger partial charge in [-0.05, 0) is 12.1 Å². The number of nitro benzene ring substituents is 1. The minimum Gasteiger partial charge on any atom is -0.328 e. The largest absolute Gasteiger partial charge is 0.328 e. The molecule has 0 atom stereocenters. The zero-order valence-electron chi connectivity index (χ0n) is 9.92. The molecule has 0 saturated heterocycles. The van der Waals surface area contributed by atoms with Crippen LogP contribution in [0.3, 0.4) is 0 Å². The number of nitrogens with zero attached hydrogens (tertiary/aromatic N) is 1. The van der Waals surface area contributed by atoms with Crippen molar-refractivity contribution in [1.29, 1.82) is 0 Å². The molecule has 2 aromatic rings. The molecule has 8 heteroatoms. The Labute approximate surface area is 111 Å². The van der Waals surface area contributed by atoms with Gasteiger partial charge in [-0.15, -0.1) is 0 Å². The van der Waals surface area contributed by atoms with E-state index in [9.17, 15) is 24.1 Å².